The molecule has 1 fully saturated rings. The molecule has 2 aromatic heterocycles. The number of hydrogen-bond acceptors (Lipinski definition) is 5. The van der Waals surface area contributed by atoms with Crippen LogP contribution in [0, 0.1) is 0 Å². The molecule has 4 rings (SSSR count). The van der Waals surface area contributed by atoms with Gasteiger partial charge in [-0.15, -0.1) is 0 Å². The van der Waals surface area contributed by atoms with Gasteiger partial charge < -0.3 is 20.5 Å². The number of amides is 1. The van der Waals surface area contributed by atoms with Crippen LogP contribution in [-0.4, -0.2) is 47.0 Å². The van der Waals surface area contributed by atoms with Gasteiger partial charge in [-0.3, -0.25) is 9.59 Å². The number of H-pyrrole nitrogens is 1. The lowest BCUT2D eigenvalue weighted by Crippen LogP contribution is -2.57. The molecule has 1 aliphatic rings. The third kappa shape index (κ3) is 5.01. The number of carbonyl (C=O) groups is 1. The van der Waals surface area contributed by atoms with Gasteiger partial charge >= 0.3 is 0 Å². The molecular weight excluding hydrogens is 390 g/mol. The van der Waals surface area contributed by atoms with E-state index in [9.17, 15) is 9.59 Å². The van der Waals surface area contributed by atoms with E-state index in [4.69, 9.17) is 0 Å². The summed E-state index contributed by atoms with van der Waals surface area (Å²) in [5, 5.41) is 6.27. The van der Waals surface area contributed by atoms with Gasteiger partial charge in [-0.2, -0.15) is 0 Å². The molecule has 0 aliphatic carbocycles. The van der Waals surface area contributed by atoms with E-state index in [1.165, 1.54) is 5.56 Å². The number of pyridine rings is 2. The van der Waals surface area contributed by atoms with Gasteiger partial charge in [0.15, 0.2) is 0 Å². The number of benzene rings is 1. The number of anilines is 2. The molecule has 1 aliphatic heterocycles. The highest BCUT2D eigenvalue weighted by Gasteiger charge is 2.29. The molecule has 3 aromatic rings. The lowest BCUT2D eigenvalue weighted by Gasteiger charge is -2.39. The van der Waals surface area contributed by atoms with Gasteiger partial charge in [0.25, 0.3) is 5.56 Å². The highest BCUT2D eigenvalue weighted by atomic mass is 16.2. The number of aromatic amines is 1. The molecule has 0 bridgehead atoms. The fourth-order valence-corrected chi connectivity index (χ4v) is 3.49. The summed E-state index contributed by atoms with van der Waals surface area (Å²) in [5.41, 5.74) is 3.32. The van der Waals surface area contributed by atoms with Crippen LogP contribution in [-0.2, 0) is 11.2 Å². The second-order valence-corrected chi connectivity index (χ2v) is 7.49. The maximum Gasteiger partial charge on any atom is 0.271 e. The first kappa shape index (κ1) is 20.4. The van der Waals surface area contributed by atoms with Gasteiger partial charge in [0.1, 0.15) is 11.5 Å². The van der Waals surface area contributed by atoms with Crippen LogP contribution in [0.2, 0.25) is 0 Å². The molecule has 158 valence electrons. The van der Waals surface area contributed by atoms with Crippen LogP contribution >= 0.6 is 0 Å². The summed E-state index contributed by atoms with van der Waals surface area (Å²) in [5.74, 6) is 0.750. The van der Waals surface area contributed by atoms with Crippen LogP contribution in [0.15, 0.2) is 77.9 Å². The number of nitrogens with one attached hydrogen (secondary N) is 3. The van der Waals surface area contributed by atoms with Crippen LogP contribution < -0.4 is 16.2 Å². The van der Waals surface area contributed by atoms with Gasteiger partial charge in [-0.25, -0.2) is 4.98 Å². The highest BCUT2D eigenvalue weighted by molar-refractivity contribution is 5.88. The fraction of sp³-hybridized carbons (Fsp3) is 0.208. The molecule has 0 spiro atoms. The Hall–Kier alpha value is -3.87. The predicted octanol–water partition coefficient (Wildman–Crippen LogP) is 2.90. The molecule has 31 heavy (non-hydrogen) atoms. The van der Waals surface area contributed by atoms with E-state index in [-0.39, 0.29) is 17.5 Å². The summed E-state index contributed by atoms with van der Waals surface area (Å²) in [4.78, 5) is 33.3. The average Bonchev–Trinajstić information content (AvgIpc) is 2.77. The Morgan fingerprint density at radius 2 is 2.00 bits per heavy atom. The van der Waals surface area contributed by atoms with E-state index in [1.54, 1.807) is 23.4 Å². The molecular formula is C24H25N5O2. The number of rotatable bonds is 7. The fourth-order valence-electron chi connectivity index (χ4n) is 3.49. The summed E-state index contributed by atoms with van der Waals surface area (Å²) in [6.07, 6.45) is 7.66. The van der Waals surface area contributed by atoms with E-state index in [2.05, 4.69) is 20.6 Å². The topological polar surface area (TPSA) is 90.1 Å². The average molecular weight is 415 g/mol. The Balaban J connectivity index is 1.33. The van der Waals surface area contributed by atoms with E-state index in [0.717, 1.165) is 23.4 Å². The Labute approximate surface area is 180 Å². The molecule has 0 unspecified atom stereocenters. The van der Waals surface area contributed by atoms with Crippen molar-refractivity contribution in [3.63, 3.8) is 0 Å². The molecule has 0 radical (unpaired) electrons. The van der Waals surface area contributed by atoms with E-state index in [0.29, 0.717) is 18.8 Å². The normalized spacial score (nSPS) is 13.8. The third-order valence-corrected chi connectivity index (χ3v) is 5.26. The zero-order chi connectivity index (χ0) is 21.6. The quantitative estimate of drug-likeness (QED) is 0.516. The van der Waals surface area contributed by atoms with Crippen molar-refractivity contribution in [2.75, 3.05) is 30.8 Å². The molecule has 3 heterocycles. The molecule has 0 saturated carbocycles. The highest BCUT2D eigenvalue weighted by Crippen LogP contribution is 2.22. The lowest BCUT2D eigenvalue weighted by molar-refractivity contribution is -0.129. The number of nitrogens with zero attached hydrogens (tertiary/aromatic N) is 2. The maximum absolute atomic E-state index is 12.3. The summed E-state index contributed by atoms with van der Waals surface area (Å²) in [7, 11) is 1.81. The number of hydrogen-bond donors (Lipinski definition) is 3. The number of allylic oxidation sites excluding steroid dienone is 1. The third-order valence-electron chi connectivity index (χ3n) is 5.26. The minimum Gasteiger partial charge on any atom is -0.374 e. The molecule has 0 atom stereocenters. The monoisotopic (exact) mass is 415 g/mol. The van der Waals surface area contributed by atoms with Crippen molar-refractivity contribution in [3.8, 4) is 11.1 Å². The Morgan fingerprint density at radius 3 is 2.77 bits per heavy atom. The number of carbonyl (C=O) groups excluding carboxylic acids is 1. The van der Waals surface area contributed by atoms with Crippen molar-refractivity contribution in [1.82, 2.24) is 14.9 Å². The molecule has 7 heteroatoms. The summed E-state index contributed by atoms with van der Waals surface area (Å²) < 4.78 is 0. The minimum atomic E-state index is -0.181. The molecule has 3 N–H and O–H groups in total. The number of aromatic nitrogens is 2. The van der Waals surface area contributed by atoms with Crippen molar-refractivity contribution in [2.24, 2.45) is 0 Å². The second-order valence-electron chi connectivity index (χ2n) is 7.49. The first-order valence-electron chi connectivity index (χ1n) is 10.2. The van der Waals surface area contributed by atoms with E-state index in [1.807, 2.05) is 61.7 Å². The maximum atomic E-state index is 12.3. The van der Waals surface area contributed by atoms with Crippen LogP contribution in [0.3, 0.4) is 0 Å². The summed E-state index contributed by atoms with van der Waals surface area (Å²) in [6, 6.07) is 15.7. The summed E-state index contributed by atoms with van der Waals surface area (Å²) >= 11 is 0. The van der Waals surface area contributed by atoms with E-state index >= 15 is 0 Å². The van der Waals surface area contributed by atoms with Crippen molar-refractivity contribution >= 4 is 17.4 Å². The van der Waals surface area contributed by atoms with Crippen molar-refractivity contribution in [3.05, 3.63) is 89.0 Å². The van der Waals surface area contributed by atoms with Gasteiger partial charge in [-0.1, -0.05) is 36.4 Å². The van der Waals surface area contributed by atoms with Crippen LogP contribution in [0.25, 0.3) is 11.1 Å². The Bertz CT molecular complexity index is 1130. The smallest absolute Gasteiger partial charge is 0.271 e. The molecule has 1 aromatic carbocycles. The summed E-state index contributed by atoms with van der Waals surface area (Å²) in [6.45, 7) is 1.13. The van der Waals surface area contributed by atoms with Crippen LogP contribution in [0.5, 0.6) is 0 Å². The van der Waals surface area contributed by atoms with E-state index < -0.39 is 0 Å². The Morgan fingerprint density at radius 1 is 1.19 bits per heavy atom. The van der Waals surface area contributed by atoms with Crippen LogP contribution in [0.4, 0.5) is 11.5 Å². The largest absolute Gasteiger partial charge is 0.374 e. The first-order chi connectivity index (χ1) is 15.1. The zero-order valence-electron chi connectivity index (χ0n) is 17.3. The Kier molecular flexibility index (Phi) is 6.12. The SMILES string of the molecule is CNc1cc(-c2c[nH]c(=O)c(NC3CN(C(=O)C=CCc4ccccc4)C3)c2)ccn1. The van der Waals surface area contributed by atoms with Gasteiger partial charge in [-0.05, 0) is 41.8 Å². The van der Waals surface area contributed by atoms with Crippen LogP contribution in [0.1, 0.15) is 5.56 Å². The molecule has 7 nitrogen and oxygen atoms in total. The van der Waals surface area contributed by atoms with Gasteiger partial charge in [0.05, 0.1) is 6.04 Å². The molecule has 1 amide bonds. The second kappa shape index (κ2) is 9.30. The van der Waals surface area contributed by atoms with Crippen molar-refractivity contribution in [2.45, 2.75) is 12.5 Å². The van der Waals surface area contributed by atoms with Gasteiger partial charge in [0.2, 0.25) is 5.91 Å². The standard InChI is InChI=1S/C24H25N5O2/c1-25-22-13-18(10-11-26-22)19-12-21(24(31)27-14-19)28-20-15-29(16-20)23(30)9-5-8-17-6-3-2-4-7-17/h2-7,9-14,20,28H,8,15-16H2,1H3,(H,25,26)(H,27,31). The van der Waals surface area contributed by atoms with Crippen molar-refractivity contribution < 1.29 is 4.79 Å². The first-order valence-corrected chi connectivity index (χ1v) is 10.2. The van der Waals surface area contributed by atoms with Crippen molar-refractivity contribution in [1.29, 1.82) is 0 Å². The predicted molar refractivity (Wildman–Crippen MR) is 123 cm³/mol. The minimum absolute atomic E-state index is 0.00646. The zero-order valence-corrected chi connectivity index (χ0v) is 17.3. The number of likely N-dealkylation sites (tertiary alicyclic amines) is 1. The van der Waals surface area contributed by atoms with Gasteiger partial charge in [0, 0.05) is 38.1 Å². The molecule has 1 saturated heterocycles. The lowest BCUT2D eigenvalue weighted by atomic mass is 10.1.